The fraction of sp³-hybridized carbons (Fsp3) is 0.421. The van der Waals surface area contributed by atoms with E-state index in [2.05, 4.69) is 27.4 Å². The van der Waals surface area contributed by atoms with Gasteiger partial charge < -0.3 is 14.8 Å². The largest absolute Gasteiger partial charge is 0.351 e. The van der Waals surface area contributed by atoms with E-state index in [1.807, 2.05) is 23.1 Å². The number of likely N-dealkylation sites (tertiary alicyclic amines) is 1. The quantitative estimate of drug-likeness (QED) is 0.697. The summed E-state index contributed by atoms with van der Waals surface area (Å²) >= 11 is 0. The van der Waals surface area contributed by atoms with Gasteiger partial charge in [0.1, 0.15) is 0 Å². The van der Waals surface area contributed by atoms with Crippen molar-refractivity contribution in [1.29, 1.82) is 0 Å². The average molecular weight is 368 g/mol. The Hall–Kier alpha value is -3.03. The highest BCUT2D eigenvalue weighted by molar-refractivity contribution is 5.74. The van der Waals surface area contributed by atoms with Crippen molar-refractivity contribution in [3.05, 3.63) is 59.4 Å². The van der Waals surface area contributed by atoms with Crippen LogP contribution >= 0.6 is 0 Å². The van der Waals surface area contributed by atoms with Gasteiger partial charge in [0, 0.05) is 50.8 Å². The summed E-state index contributed by atoms with van der Waals surface area (Å²) in [6, 6.07) is 9.98. The molecule has 1 aliphatic rings. The molecule has 1 fully saturated rings. The second-order valence-corrected chi connectivity index (χ2v) is 6.87. The summed E-state index contributed by atoms with van der Waals surface area (Å²) in [6.45, 7) is 2.54. The molecule has 8 heteroatoms. The van der Waals surface area contributed by atoms with E-state index in [0.29, 0.717) is 31.2 Å². The SMILES string of the molecule is O=C(NCCCn1nc2ccccn2c1=O)N1CCC(n2cccc2)CC1. The summed E-state index contributed by atoms with van der Waals surface area (Å²) in [6.07, 6.45) is 8.48. The Morgan fingerprint density at radius 2 is 1.85 bits per heavy atom. The van der Waals surface area contributed by atoms with Crippen molar-refractivity contribution >= 4 is 11.7 Å². The number of aromatic nitrogens is 4. The highest BCUT2D eigenvalue weighted by Crippen LogP contribution is 2.22. The smallest absolute Gasteiger partial charge is 0.350 e. The number of nitrogens with one attached hydrogen (secondary N) is 1. The molecule has 4 heterocycles. The maximum Gasteiger partial charge on any atom is 0.350 e. The lowest BCUT2D eigenvalue weighted by Crippen LogP contribution is -2.45. The molecule has 1 saturated heterocycles. The minimum Gasteiger partial charge on any atom is -0.351 e. The van der Waals surface area contributed by atoms with Gasteiger partial charge in [-0.1, -0.05) is 6.07 Å². The van der Waals surface area contributed by atoms with E-state index in [9.17, 15) is 9.59 Å². The second-order valence-electron chi connectivity index (χ2n) is 6.87. The third kappa shape index (κ3) is 3.74. The third-order valence-corrected chi connectivity index (χ3v) is 5.11. The number of carbonyl (C=O) groups is 1. The maximum absolute atomic E-state index is 12.3. The summed E-state index contributed by atoms with van der Waals surface area (Å²) < 4.78 is 5.19. The molecule has 0 saturated carbocycles. The average Bonchev–Trinajstić information content (AvgIpc) is 3.34. The lowest BCUT2D eigenvalue weighted by atomic mass is 10.1. The zero-order chi connectivity index (χ0) is 18.6. The molecule has 0 bridgehead atoms. The van der Waals surface area contributed by atoms with Gasteiger partial charge in [-0.05, 0) is 43.5 Å². The molecule has 1 aliphatic heterocycles. The summed E-state index contributed by atoms with van der Waals surface area (Å²) in [7, 11) is 0. The van der Waals surface area contributed by atoms with Crippen LogP contribution in [-0.4, -0.2) is 49.3 Å². The summed E-state index contributed by atoms with van der Waals surface area (Å²) in [5, 5.41) is 7.25. The van der Waals surface area contributed by atoms with E-state index in [0.717, 1.165) is 25.9 Å². The number of fused-ring (bicyclic) bond motifs is 1. The maximum atomic E-state index is 12.3. The first-order valence-electron chi connectivity index (χ1n) is 9.42. The number of hydrogen-bond acceptors (Lipinski definition) is 3. The number of aryl methyl sites for hydroxylation is 1. The van der Waals surface area contributed by atoms with Crippen LogP contribution in [0.3, 0.4) is 0 Å². The first kappa shape index (κ1) is 17.4. The number of amides is 2. The van der Waals surface area contributed by atoms with Crippen LogP contribution in [0.2, 0.25) is 0 Å². The summed E-state index contributed by atoms with van der Waals surface area (Å²) in [5.74, 6) is 0. The highest BCUT2D eigenvalue weighted by atomic mass is 16.2. The number of pyridine rings is 1. The van der Waals surface area contributed by atoms with Gasteiger partial charge >= 0.3 is 11.7 Å². The topological polar surface area (TPSA) is 76.6 Å². The first-order chi connectivity index (χ1) is 13.2. The molecule has 0 unspecified atom stereocenters. The van der Waals surface area contributed by atoms with E-state index in [1.165, 1.54) is 9.08 Å². The molecule has 3 aromatic heterocycles. The molecule has 0 radical (unpaired) electrons. The number of rotatable bonds is 5. The Balaban J connectivity index is 1.22. The van der Waals surface area contributed by atoms with Gasteiger partial charge in [0.2, 0.25) is 0 Å². The first-order valence-corrected chi connectivity index (χ1v) is 9.42. The standard InChI is InChI=1S/C19H24N6O2/c26-18(23-14-7-16(8-15-23)22-10-3-4-11-22)20-9-5-13-25-19(27)24-12-2-1-6-17(24)21-25/h1-4,6,10-12,16H,5,7-9,13-15H2,(H,20,26). The number of urea groups is 1. The third-order valence-electron chi connectivity index (χ3n) is 5.11. The predicted octanol–water partition coefficient (Wildman–Crippen LogP) is 1.73. The molecule has 0 aliphatic carbocycles. The normalized spacial score (nSPS) is 15.3. The molecule has 2 amide bonds. The van der Waals surface area contributed by atoms with Gasteiger partial charge in [0.15, 0.2) is 5.65 Å². The Morgan fingerprint density at radius 1 is 1.11 bits per heavy atom. The van der Waals surface area contributed by atoms with Crippen molar-refractivity contribution in [3.8, 4) is 0 Å². The molecule has 0 spiro atoms. The molecular formula is C19H24N6O2. The number of piperidine rings is 1. The van der Waals surface area contributed by atoms with Crippen molar-refractivity contribution < 1.29 is 4.79 Å². The lowest BCUT2D eigenvalue weighted by molar-refractivity contribution is 0.171. The second kappa shape index (κ2) is 7.69. The number of carbonyl (C=O) groups excluding carboxylic acids is 1. The Bertz CT molecular complexity index is 950. The van der Waals surface area contributed by atoms with Crippen molar-refractivity contribution in [2.24, 2.45) is 0 Å². The van der Waals surface area contributed by atoms with Gasteiger partial charge in [0.05, 0.1) is 0 Å². The van der Waals surface area contributed by atoms with Crippen LogP contribution < -0.4 is 11.0 Å². The van der Waals surface area contributed by atoms with Crippen LogP contribution in [0, 0.1) is 0 Å². The van der Waals surface area contributed by atoms with Crippen molar-refractivity contribution in [2.45, 2.75) is 31.8 Å². The van der Waals surface area contributed by atoms with Gasteiger partial charge in [0.25, 0.3) is 0 Å². The van der Waals surface area contributed by atoms with Crippen LogP contribution in [0.25, 0.3) is 5.65 Å². The number of nitrogens with zero attached hydrogens (tertiary/aromatic N) is 5. The van der Waals surface area contributed by atoms with Gasteiger partial charge in [-0.25, -0.2) is 14.3 Å². The number of hydrogen-bond donors (Lipinski definition) is 1. The van der Waals surface area contributed by atoms with E-state index in [1.54, 1.807) is 18.3 Å². The Kier molecular flexibility index (Phi) is 4.95. The van der Waals surface area contributed by atoms with Crippen LogP contribution in [-0.2, 0) is 6.54 Å². The van der Waals surface area contributed by atoms with E-state index in [4.69, 9.17) is 0 Å². The van der Waals surface area contributed by atoms with Crippen molar-refractivity contribution in [2.75, 3.05) is 19.6 Å². The van der Waals surface area contributed by atoms with E-state index < -0.39 is 0 Å². The minimum absolute atomic E-state index is 0.0247. The highest BCUT2D eigenvalue weighted by Gasteiger charge is 2.23. The Labute approximate surface area is 157 Å². The summed E-state index contributed by atoms with van der Waals surface area (Å²) in [5.41, 5.74) is 0.487. The van der Waals surface area contributed by atoms with E-state index in [-0.39, 0.29) is 11.7 Å². The van der Waals surface area contributed by atoms with Gasteiger partial charge in [-0.2, -0.15) is 0 Å². The molecule has 4 rings (SSSR count). The molecular weight excluding hydrogens is 344 g/mol. The molecule has 27 heavy (non-hydrogen) atoms. The molecule has 1 N–H and O–H groups in total. The van der Waals surface area contributed by atoms with Crippen molar-refractivity contribution in [1.82, 2.24) is 29.0 Å². The van der Waals surface area contributed by atoms with Crippen molar-refractivity contribution in [3.63, 3.8) is 0 Å². The predicted molar refractivity (Wildman–Crippen MR) is 102 cm³/mol. The lowest BCUT2D eigenvalue weighted by Gasteiger charge is -2.32. The van der Waals surface area contributed by atoms with Crippen LogP contribution in [0.15, 0.2) is 53.7 Å². The summed E-state index contributed by atoms with van der Waals surface area (Å²) in [4.78, 5) is 26.4. The molecule has 142 valence electrons. The Morgan fingerprint density at radius 3 is 2.59 bits per heavy atom. The molecule has 0 aromatic carbocycles. The fourth-order valence-corrected chi connectivity index (χ4v) is 3.61. The van der Waals surface area contributed by atoms with Gasteiger partial charge in [-0.3, -0.25) is 4.40 Å². The van der Waals surface area contributed by atoms with E-state index >= 15 is 0 Å². The van der Waals surface area contributed by atoms with Crippen LogP contribution in [0.5, 0.6) is 0 Å². The van der Waals surface area contributed by atoms with Crippen LogP contribution in [0.4, 0.5) is 4.79 Å². The molecule has 0 atom stereocenters. The molecule has 8 nitrogen and oxygen atoms in total. The fourth-order valence-electron chi connectivity index (χ4n) is 3.61. The van der Waals surface area contributed by atoms with Gasteiger partial charge in [-0.15, -0.1) is 5.10 Å². The monoisotopic (exact) mass is 368 g/mol. The minimum atomic E-state index is -0.149. The van der Waals surface area contributed by atoms with Crippen LogP contribution in [0.1, 0.15) is 25.3 Å². The molecule has 3 aromatic rings. The zero-order valence-corrected chi connectivity index (χ0v) is 15.2. The zero-order valence-electron chi connectivity index (χ0n) is 15.2.